The van der Waals surface area contributed by atoms with E-state index in [0.29, 0.717) is 6.42 Å². The molecular weight excluding hydrogens is 418 g/mol. The highest BCUT2D eigenvalue weighted by atomic mass is 16.4. The van der Waals surface area contributed by atoms with Crippen molar-refractivity contribution in [2.45, 2.75) is 37.4 Å². The second kappa shape index (κ2) is 13.7. The number of carbonyl (C=O) groups excluding carboxylic acids is 3. The zero-order valence-electron chi connectivity index (χ0n) is 17.0. The molecule has 31 heavy (non-hydrogen) atoms. The summed E-state index contributed by atoms with van der Waals surface area (Å²) in [7, 11) is 1.29. The molecule has 0 aromatic heterocycles. The van der Waals surface area contributed by atoms with E-state index in [1.807, 2.05) is 5.32 Å². The lowest BCUT2D eigenvalue weighted by molar-refractivity contribution is -0.144. The second-order valence-electron chi connectivity index (χ2n) is 6.55. The van der Waals surface area contributed by atoms with E-state index in [0.717, 1.165) is 4.90 Å². The van der Waals surface area contributed by atoms with Gasteiger partial charge in [0.15, 0.2) is 5.96 Å². The Morgan fingerprint density at radius 2 is 1.68 bits per heavy atom. The highest BCUT2D eigenvalue weighted by molar-refractivity contribution is 5.94. The Bertz CT molecular complexity index is 695. The Kier molecular flexibility index (Phi) is 12.2. The van der Waals surface area contributed by atoms with Crippen LogP contribution in [0.15, 0.2) is 4.99 Å². The van der Waals surface area contributed by atoms with E-state index in [2.05, 4.69) is 10.3 Å². The van der Waals surface area contributed by atoms with Crippen LogP contribution >= 0.6 is 0 Å². The molecule has 0 aliphatic carbocycles. The van der Waals surface area contributed by atoms with Gasteiger partial charge in [-0.15, -0.1) is 0 Å². The van der Waals surface area contributed by atoms with Crippen LogP contribution in [0.5, 0.6) is 0 Å². The average molecular weight is 447 g/mol. The molecule has 0 saturated carbocycles. The first kappa shape index (κ1) is 27.5. The molecule has 0 bridgehead atoms. The maximum atomic E-state index is 12.2. The molecule has 176 valence electrons. The third-order valence-electron chi connectivity index (χ3n) is 3.87. The Morgan fingerprint density at radius 3 is 2.16 bits per heavy atom. The van der Waals surface area contributed by atoms with Crippen LogP contribution in [-0.4, -0.2) is 101 Å². The molecular formula is C16H29N7O8. The summed E-state index contributed by atoms with van der Waals surface area (Å²) >= 11 is 0. The van der Waals surface area contributed by atoms with Gasteiger partial charge in [-0.1, -0.05) is 0 Å². The maximum Gasteiger partial charge on any atom is 0.328 e. The Balaban J connectivity index is 4.86. The van der Waals surface area contributed by atoms with Gasteiger partial charge in [0.25, 0.3) is 0 Å². The fourth-order valence-electron chi connectivity index (χ4n) is 2.30. The molecule has 0 aromatic carbocycles. The molecule has 0 rings (SSSR count). The van der Waals surface area contributed by atoms with Crippen molar-refractivity contribution in [2.75, 3.05) is 26.7 Å². The lowest BCUT2D eigenvalue weighted by Crippen LogP contribution is -2.55. The van der Waals surface area contributed by atoms with Crippen LogP contribution in [0.4, 0.5) is 0 Å². The van der Waals surface area contributed by atoms with Crippen molar-refractivity contribution in [1.82, 2.24) is 15.5 Å². The number of hydrogen-bond acceptors (Lipinski definition) is 8. The molecule has 0 heterocycles. The van der Waals surface area contributed by atoms with Crippen LogP contribution < -0.4 is 27.8 Å². The number of carbonyl (C=O) groups is 5. The van der Waals surface area contributed by atoms with Crippen molar-refractivity contribution in [2.24, 2.45) is 22.2 Å². The third-order valence-corrected chi connectivity index (χ3v) is 3.87. The lowest BCUT2D eigenvalue weighted by atomic mass is 10.1. The minimum atomic E-state index is -1.68. The number of rotatable bonds is 14. The molecule has 15 heteroatoms. The number of aliphatic imine (C=N–C) groups is 1. The summed E-state index contributed by atoms with van der Waals surface area (Å²) in [6.45, 7) is -1.20. The Labute approximate surface area is 177 Å². The molecule has 15 nitrogen and oxygen atoms in total. The first-order chi connectivity index (χ1) is 14.4. The largest absolute Gasteiger partial charge is 0.481 e. The number of hydrogen-bond donors (Lipinski definition) is 8. The van der Waals surface area contributed by atoms with Gasteiger partial charge in [0.2, 0.25) is 17.7 Å². The number of nitrogens with zero attached hydrogens (tertiary/aromatic N) is 2. The van der Waals surface area contributed by atoms with Crippen molar-refractivity contribution in [3.63, 3.8) is 0 Å². The molecule has 0 aliphatic rings. The summed E-state index contributed by atoms with van der Waals surface area (Å²) in [5.41, 5.74) is 16.1. The van der Waals surface area contributed by atoms with E-state index in [9.17, 15) is 24.0 Å². The van der Waals surface area contributed by atoms with Gasteiger partial charge >= 0.3 is 11.9 Å². The minimum absolute atomic E-state index is 0.0951. The van der Waals surface area contributed by atoms with E-state index in [1.54, 1.807) is 0 Å². The van der Waals surface area contributed by atoms with E-state index in [1.165, 1.54) is 7.05 Å². The SMILES string of the molecule is CN(CC(=O)N[C@@H](CC(=O)O)C(=O)N[C@@H](CO)C(=O)O)C(=O)[C@@H](N)CCCN=C(N)N. The molecule has 3 atom stereocenters. The molecule has 0 saturated heterocycles. The number of nitrogens with two attached hydrogens (primary N) is 3. The summed E-state index contributed by atoms with van der Waals surface area (Å²) in [6, 6.07) is -4.25. The van der Waals surface area contributed by atoms with Crippen molar-refractivity contribution >= 4 is 35.6 Å². The van der Waals surface area contributed by atoms with Crippen LogP contribution in [0.3, 0.4) is 0 Å². The number of amides is 3. The number of likely N-dealkylation sites (N-methyl/N-ethyl adjacent to an activating group) is 1. The van der Waals surface area contributed by atoms with Gasteiger partial charge in [-0.25, -0.2) is 4.79 Å². The number of nitrogens with one attached hydrogen (secondary N) is 2. The smallest absolute Gasteiger partial charge is 0.328 e. The van der Waals surface area contributed by atoms with Crippen molar-refractivity contribution in [3.05, 3.63) is 0 Å². The molecule has 11 N–H and O–H groups in total. The molecule has 0 radical (unpaired) electrons. The number of carboxylic acid groups (broad SMARTS) is 2. The van der Waals surface area contributed by atoms with E-state index in [-0.39, 0.29) is 18.9 Å². The van der Waals surface area contributed by atoms with Crippen LogP contribution in [-0.2, 0) is 24.0 Å². The first-order valence-electron chi connectivity index (χ1n) is 9.10. The van der Waals surface area contributed by atoms with Crippen LogP contribution in [0.1, 0.15) is 19.3 Å². The number of aliphatic hydroxyl groups is 1. The summed E-state index contributed by atoms with van der Waals surface area (Å²) in [4.78, 5) is 63.1. The molecule has 0 spiro atoms. The van der Waals surface area contributed by atoms with Crippen molar-refractivity contribution in [3.8, 4) is 0 Å². The molecule has 0 unspecified atom stereocenters. The monoisotopic (exact) mass is 447 g/mol. The Hall–Kier alpha value is -3.46. The van der Waals surface area contributed by atoms with Gasteiger partial charge < -0.3 is 48.1 Å². The fourth-order valence-corrected chi connectivity index (χ4v) is 2.30. The molecule has 0 aliphatic heterocycles. The van der Waals surface area contributed by atoms with Gasteiger partial charge in [-0.3, -0.25) is 24.2 Å². The zero-order chi connectivity index (χ0) is 24.1. The predicted octanol–water partition coefficient (Wildman–Crippen LogP) is -4.65. The summed E-state index contributed by atoms with van der Waals surface area (Å²) in [6.07, 6.45) is -0.192. The molecule has 3 amide bonds. The van der Waals surface area contributed by atoms with E-state index >= 15 is 0 Å². The third kappa shape index (κ3) is 11.3. The quantitative estimate of drug-likeness (QED) is 0.0712. The van der Waals surface area contributed by atoms with Gasteiger partial charge in [-0.05, 0) is 12.8 Å². The topological polar surface area (TPSA) is 264 Å². The first-order valence-corrected chi connectivity index (χ1v) is 9.10. The fraction of sp³-hybridized carbons (Fsp3) is 0.625. The average Bonchev–Trinajstić information content (AvgIpc) is 2.66. The van der Waals surface area contributed by atoms with E-state index < -0.39 is 67.4 Å². The van der Waals surface area contributed by atoms with Gasteiger partial charge in [0.1, 0.15) is 12.1 Å². The number of aliphatic carboxylic acids is 2. The van der Waals surface area contributed by atoms with Crippen LogP contribution in [0.25, 0.3) is 0 Å². The van der Waals surface area contributed by atoms with Crippen molar-refractivity contribution in [1.29, 1.82) is 0 Å². The molecule has 0 fully saturated rings. The zero-order valence-corrected chi connectivity index (χ0v) is 17.0. The lowest BCUT2D eigenvalue weighted by Gasteiger charge is -2.23. The minimum Gasteiger partial charge on any atom is -0.481 e. The van der Waals surface area contributed by atoms with Crippen LogP contribution in [0, 0.1) is 0 Å². The van der Waals surface area contributed by atoms with Gasteiger partial charge in [0, 0.05) is 13.6 Å². The second-order valence-corrected chi connectivity index (χ2v) is 6.55. The normalized spacial score (nSPS) is 13.3. The highest BCUT2D eigenvalue weighted by Gasteiger charge is 2.29. The standard InChI is InChI=1S/C16H29N7O8/c1-23(14(29)8(17)3-2-4-20-16(18)19)6-11(25)21-9(5-12(26)27)13(28)22-10(7-24)15(30)31/h8-10,24H,2-7,17H2,1H3,(H,21,25)(H,22,28)(H,26,27)(H,30,31)(H4,18,19,20)/t8-,9-,10-/m0/s1. The summed E-state index contributed by atoms with van der Waals surface area (Å²) < 4.78 is 0. The summed E-state index contributed by atoms with van der Waals surface area (Å²) in [5, 5.41) is 30.8. The molecule has 0 aromatic rings. The number of guanidine groups is 1. The predicted molar refractivity (Wildman–Crippen MR) is 106 cm³/mol. The number of carboxylic acids is 2. The maximum absolute atomic E-state index is 12.2. The van der Waals surface area contributed by atoms with Gasteiger partial charge in [0.05, 0.1) is 25.6 Å². The Morgan fingerprint density at radius 1 is 1.06 bits per heavy atom. The highest BCUT2D eigenvalue weighted by Crippen LogP contribution is 2.01. The van der Waals surface area contributed by atoms with Gasteiger partial charge in [-0.2, -0.15) is 0 Å². The van der Waals surface area contributed by atoms with Crippen LogP contribution in [0.2, 0.25) is 0 Å². The van der Waals surface area contributed by atoms with Crippen molar-refractivity contribution < 1.29 is 39.3 Å². The van der Waals surface area contributed by atoms with E-state index in [4.69, 9.17) is 32.5 Å². The number of aliphatic hydroxyl groups excluding tert-OH is 1. The summed E-state index contributed by atoms with van der Waals surface area (Å²) in [5.74, 6) is -5.66.